The smallest absolute Gasteiger partial charge is 0.239 e. The Morgan fingerprint density at radius 3 is 2.93 bits per heavy atom. The van der Waals surface area contributed by atoms with Gasteiger partial charge in [-0.3, -0.25) is 4.79 Å². The number of carbonyl (C=O) groups excluding carboxylic acids is 1. The third-order valence-electron chi connectivity index (χ3n) is 1.89. The van der Waals surface area contributed by atoms with E-state index >= 15 is 0 Å². The zero-order chi connectivity index (χ0) is 11.3. The molecule has 0 fully saturated rings. The topological polar surface area (TPSA) is 71.2 Å². The third kappa shape index (κ3) is 3.39. The number of amides is 1. The first-order valence-electron chi connectivity index (χ1n) is 4.84. The molecule has 0 unspecified atom stereocenters. The summed E-state index contributed by atoms with van der Waals surface area (Å²) in [7, 11) is 1.63. The number of nitrogens with one attached hydrogen (secondary N) is 1. The maximum Gasteiger partial charge on any atom is 0.239 e. The van der Waals surface area contributed by atoms with E-state index < -0.39 is 0 Å². The fourth-order valence-corrected chi connectivity index (χ4v) is 1.89. The molecule has 0 spiro atoms. The second-order valence-corrected chi connectivity index (χ2v) is 4.18. The number of rotatable bonds is 5. The Morgan fingerprint density at radius 1 is 1.73 bits per heavy atom. The Labute approximate surface area is 93.3 Å². The van der Waals surface area contributed by atoms with E-state index in [4.69, 9.17) is 5.73 Å². The molecule has 1 aromatic rings. The summed E-state index contributed by atoms with van der Waals surface area (Å²) in [5, 5.41) is 4.07. The summed E-state index contributed by atoms with van der Waals surface area (Å²) in [6.07, 6.45) is 2.59. The monoisotopic (exact) mass is 228 g/mol. The van der Waals surface area contributed by atoms with Gasteiger partial charge in [-0.1, -0.05) is 18.3 Å². The van der Waals surface area contributed by atoms with Crippen molar-refractivity contribution in [3.8, 4) is 0 Å². The molecule has 0 aliphatic rings. The van der Waals surface area contributed by atoms with Gasteiger partial charge >= 0.3 is 0 Å². The fourth-order valence-electron chi connectivity index (χ4n) is 1.19. The first kappa shape index (κ1) is 11.8. The highest BCUT2D eigenvalue weighted by Crippen LogP contribution is 2.23. The number of anilines is 2. The SMILES string of the molecule is CCCN(CC(=O)NC)c1ncc(N)s1. The van der Waals surface area contributed by atoms with E-state index in [1.165, 1.54) is 11.3 Å². The van der Waals surface area contributed by atoms with Crippen molar-refractivity contribution in [3.05, 3.63) is 6.20 Å². The molecule has 0 aromatic carbocycles. The van der Waals surface area contributed by atoms with Gasteiger partial charge in [0.25, 0.3) is 0 Å². The van der Waals surface area contributed by atoms with E-state index in [0.29, 0.717) is 11.5 Å². The molecule has 0 aliphatic heterocycles. The molecule has 6 heteroatoms. The normalized spacial score (nSPS) is 10.0. The standard InChI is InChI=1S/C9H16N4OS/c1-3-4-13(6-8(14)11-2)9-12-5-7(10)15-9/h5H,3-4,6,10H2,1-2H3,(H,11,14). The lowest BCUT2D eigenvalue weighted by molar-refractivity contribution is -0.119. The van der Waals surface area contributed by atoms with E-state index in [2.05, 4.69) is 17.2 Å². The van der Waals surface area contributed by atoms with Crippen LogP contribution in [-0.4, -0.2) is 31.0 Å². The number of nitrogen functional groups attached to an aromatic ring is 1. The lowest BCUT2D eigenvalue weighted by Crippen LogP contribution is -2.36. The van der Waals surface area contributed by atoms with Crippen molar-refractivity contribution in [2.75, 3.05) is 30.8 Å². The summed E-state index contributed by atoms with van der Waals surface area (Å²) >= 11 is 1.40. The van der Waals surface area contributed by atoms with Crippen molar-refractivity contribution in [2.24, 2.45) is 0 Å². The van der Waals surface area contributed by atoms with Crippen LogP contribution in [0.5, 0.6) is 0 Å². The highest BCUT2D eigenvalue weighted by molar-refractivity contribution is 7.19. The van der Waals surface area contributed by atoms with Crippen LogP contribution in [0.2, 0.25) is 0 Å². The number of carbonyl (C=O) groups is 1. The van der Waals surface area contributed by atoms with E-state index in [1.807, 2.05) is 4.90 Å². The highest BCUT2D eigenvalue weighted by atomic mass is 32.1. The lowest BCUT2D eigenvalue weighted by atomic mass is 10.4. The molecule has 84 valence electrons. The quantitative estimate of drug-likeness (QED) is 0.777. The molecular formula is C9H16N4OS. The van der Waals surface area contributed by atoms with Gasteiger partial charge in [-0.2, -0.15) is 0 Å². The van der Waals surface area contributed by atoms with Gasteiger partial charge in [-0.25, -0.2) is 4.98 Å². The van der Waals surface area contributed by atoms with Crippen LogP contribution in [0.3, 0.4) is 0 Å². The minimum atomic E-state index is -0.0165. The summed E-state index contributed by atoms with van der Waals surface area (Å²) in [4.78, 5) is 17.4. The molecule has 0 saturated heterocycles. The molecule has 1 aromatic heterocycles. The van der Waals surface area contributed by atoms with Gasteiger partial charge in [0.15, 0.2) is 5.13 Å². The number of nitrogens with two attached hydrogens (primary N) is 1. The van der Waals surface area contributed by atoms with Crippen molar-refractivity contribution < 1.29 is 4.79 Å². The first-order chi connectivity index (χ1) is 7.17. The minimum Gasteiger partial charge on any atom is -0.389 e. The van der Waals surface area contributed by atoms with E-state index in [9.17, 15) is 4.79 Å². The number of hydrogen-bond acceptors (Lipinski definition) is 5. The molecule has 1 heterocycles. The average molecular weight is 228 g/mol. The second-order valence-electron chi connectivity index (χ2n) is 3.14. The van der Waals surface area contributed by atoms with Crippen molar-refractivity contribution in [1.29, 1.82) is 0 Å². The van der Waals surface area contributed by atoms with Crippen LogP contribution in [-0.2, 0) is 4.79 Å². The van der Waals surface area contributed by atoms with E-state index in [-0.39, 0.29) is 5.91 Å². The van der Waals surface area contributed by atoms with Gasteiger partial charge < -0.3 is 16.0 Å². The third-order valence-corrected chi connectivity index (χ3v) is 2.78. The van der Waals surface area contributed by atoms with Crippen LogP contribution in [0.1, 0.15) is 13.3 Å². The predicted octanol–water partition coefficient (Wildman–Crippen LogP) is 0.688. The number of hydrogen-bond donors (Lipinski definition) is 2. The van der Waals surface area contributed by atoms with Gasteiger partial charge in [0, 0.05) is 13.6 Å². The van der Waals surface area contributed by atoms with Crippen molar-refractivity contribution in [3.63, 3.8) is 0 Å². The van der Waals surface area contributed by atoms with Gasteiger partial charge in [0.05, 0.1) is 12.7 Å². The Hall–Kier alpha value is -1.30. The summed E-state index contributed by atoms with van der Waals surface area (Å²) in [5.41, 5.74) is 5.60. The van der Waals surface area contributed by atoms with Crippen LogP contribution in [0, 0.1) is 0 Å². The van der Waals surface area contributed by atoms with Crippen LogP contribution >= 0.6 is 11.3 Å². The largest absolute Gasteiger partial charge is 0.389 e. The molecule has 0 bridgehead atoms. The Morgan fingerprint density at radius 2 is 2.47 bits per heavy atom. The second kappa shape index (κ2) is 5.55. The summed E-state index contributed by atoms with van der Waals surface area (Å²) in [6, 6.07) is 0. The molecule has 0 aliphatic carbocycles. The van der Waals surface area contributed by atoms with Crippen LogP contribution < -0.4 is 16.0 Å². The molecule has 0 radical (unpaired) electrons. The molecule has 3 N–H and O–H groups in total. The van der Waals surface area contributed by atoms with Crippen molar-refractivity contribution in [1.82, 2.24) is 10.3 Å². The number of aromatic nitrogens is 1. The minimum absolute atomic E-state index is 0.0165. The van der Waals surface area contributed by atoms with Crippen molar-refractivity contribution in [2.45, 2.75) is 13.3 Å². The molecule has 1 amide bonds. The maximum atomic E-state index is 11.3. The van der Waals surface area contributed by atoms with Gasteiger partial charge in [-0.15, -0.1) is 0 Å². The van der Waals surface area contributed by atoms with E-state index in [0.717, 1.165) is 18.1 Å². The molecule has 0 atom stereocenters. The summed E-state index contributed by atoms with van der Waals surface area (Å²) in [5.74, 6) is -0.0165. The average Bonchev–Trinajstić information content (AvgIpc) is 2.64. The van der Waals surface area contributed by atoms with Crippen LogP contribution in [0.25, 0.3) is 0 Å². The van der Waals surface area contributed by atoms with Crippen LogP contribution in [0.4, 0.5) is 10.1 Å². The van der Waals surface area contributed by atoms with Crippen molar-refractivity contribution >= 4 is 27.4 Å². The van der Waals surface area contributed by atoms with Gasteiger partial charge in [0.2, 0.25) is 5.91 Å². The Balaban J connectivity index is 2.69. The van der Waals surface area contributed by atoms with Crippen LogP contribution in [0.15, 0.2) is 6.20 Å². The summed E-state index contributed by atoms with van der Waals surface area (Å²) < 4.78 is 0. The summed E-state index contributed by atoms with van der Waals surface area (Å²) in [6.45, 7) is 3.20. The Bertz CT molecular complexity index is 326. The maximum absolute atomic E-state index is 11.3. The fraction of sp³-hybridized carbons (Fsp3) is 0.556. The molecular weight excluding hydrogens is 212 g/mol. The lowest BCUT2D eigenvalue weighted by Gasteiger charge is -2.19. The predicted molar refractivity (Wildman–Crippen MR) is 63.1 cm³/mol. The first-order valence-corrected chi connectivity index (χ1v) is 5.65. The van der Waals surface area contributed by atoms with Gasteiger partial charge in [-0.05, 0) is 6.42 Å². The molecule has 1 rings (SSSR count). The zero-order valence-corrected chi connectivity index (χ0v) is 9.80. The molecule has 5 nitrogen and oxygen atoms in total. The number of thiazole rings is 1. The Kier molecular flexibility index (Phi) is 4.36. The highest BCUT2D eigenvalue weighted by Gasteiger charge is 2.12. The number of likely N-dealkylation sites (N-methyl/N-ethyl adjacent to an activating group) is 1. The zero-order valence-electron chi connectivity index (χ0n) is 8.99. The van der Waals surface area contributed by atoms with E-state index in [1.54, 1.807) is 13.2 Å². The molecule has 0 saturated carbocycles. The van der Waals surface area contributed by atoms with Gasteiger partial charge in [0.1, 0.15) is 5.00 Å². The molecule has 15 heavy (non-hydrogen) atoms. The number of nitrogens with zero attached hydrogens (tertiary/aromatic N) is 2.